The van der Waals surface area contributed by atoms with Gasteiger partial charge in [0.1, 0.15) is 11.8 Å². The summed E-state index contributed by atoms with van der Waals surface area (Å²) in [5.41, 5.74) is 2.24. The summed E-state index contributed by atoms with van der Waals surface area (Å²) >= 11 is 0. The average molecular weight is 565 g/mol. The Morgan fingerprint density at radius 3 is 2.34 bits per heavy atom. The van der Waals surface area contributed by atoms with E-state index in [-0.39, 0.29) is 24.6 Å². The number of carbonyl (C=O) groups excluding carboxylic acids is 3. The second-order valence-electron chi connectivity index (χ2n) is 10.6. The van der Waals surface area contributed by atoms with Crippen LogP contribution < -0.4 is 25.0 Å². The fraction of sp³-hybridized carbons (Fsp3) is 0.419. The van der Waals surface area contributed by atoms with Gasteiger partial charge in [0.05, 0.1) is 14.2 Å². The molecule has 0 bridgehead atoms. The van der Waals surface area contributed by atoms with Crippen LogP contribution in [0.5, 0.6) is 11.5 Å². The lowest BCUT2D eigenvalue weighted by Crippen LogP contribution is -2.50. The molecule has 3 rings (SSSR count). The topological polar surface area (TPSA) is 123 Å². The van der Waals surface area contributed by atoms with Gasteiger partial charge in [-0.15, -0.1) is 0 Å². The van der Waals surface area contributed by atoms with Crippen LogP contribution in [0.15, 0.2) is 47.0 Å². The van der Waals surface area contributed by atoms with Crippen molar-refractivity contribution in [3.63, 3.8) is 0 Å². The molecule has 2 aromatic carbocycles. The predicted octanol–water partition coefficient (Wildman–Crippen LogP) is 5.42. The van der Waals surface area contributed by atoms with Crippen LogP contribution in [0.25, 0.3) is 0 Å². The van der Waals surface area contributed by atoms with Crippen molar-refractivity contribution in [1.29, 1.82) is 0 Å². The van der Waals surface area contributed by atoms with E-state index in [4.69, 9.17) is 14.0 Å². The molecule has 0 saturated carbocycles. The number of amides is 3. The highest BCUT2D eigenvalue weighted by molar-refractivity contribution is 6.04. The number of para-hydroxylation sites is 1. The zero-order valence-electron chi connectivity index (χ0n) is 25.1. The van der Waals surface area contributed by atoms with Crippen LogP contribution in [0.3, 0.4) is 0 Å². The number of hydrogen-bond donors (Lipinski definition) is 2. The molecule has 0 aliphatic heterocycles. The average Bonchev–Trinajstić information content (AvgIpc) is 3.35. The smallest absolute Gasteiger partial charge is 0.248 e. The second kappa shape index (κ2) is 13.3. The Bertz CT molecular complexity index is 1400. The van der Waals surface area contributed by atoms with E-state index in [0.29, 0.717) is 34.9 Å². The minimum Gasteiger partial charge on any atom is -0.493 e. The van der Waals surface area contributed by atoms with E-state index in [2.05, 4.69) is 15.8 Å². The predicted molar refractivity (Wildman–Crippen MR) is 157 cm³/mol. The highest BCUT2D eigenvalue weighted by Gasteiger charge is 2.38. The van der Waals surface area contributed by atoms with Crippen molar-refractivity contribution in [2.75, 3.05) is 24.4 Å². The molecule has 220 valence electrons. The van der Waals surface area contributed by atoms with E-state index in [1.54, 1.807) is 37.3 Å². The maximum Gasteiger partial charge on any atom is 0.248 e. The summed E-state index contributed by atoms with van der Waals surface area (Å²) in [6, 6.07) is 11.3. The van der Waals surface area contributed by atoms with Crippen LogP contribution in [0, 0.1) is 20.8 Å². The lowest BCUT2D eigenvalue weighted by molar-refractivity contribution is -0.128. The van der Waals surface area contributed by atoms with Gasteiger partial charge in [0.25, 0.3) is 0 Å². The molecular weight excluding hydrogens is 524 g/mol. The Kier molecular flexibility index (Phi) is 10.2. The minimum atomic E-state index is -1.12. The van der Waals surface area contributed by atoms with Gasteiger partial charge in [-0.3, -0.25) is 19.3 Å². The first-order valence-corrected chi connectivity index (χ1v) is 13.6. The van der Waals surface area contributed by atoms with Crippen LogP contribution in [0.2, 0.25) is 0 Å². The highest BCUT2D eigenvalue weighted by Crippen LogP contribution is 2.40. The van der Waals surface area contributed by atoms with Gasteiger partial charge in [-0.25, -0.2) is 0 Å². The lowest BCUT2D eigenvalue weighted by atomic mass is 9.96. The largest absolute Gasteiger partial charge is 0.493 e. The third-order valence-electron chi connectivity index (χ3n) is 7.15. The maximum absolute atomic E-state index is 14.2. The molecule has 0 aliphatic rings. The highest BCUT2D eigenvalue weighted by atomic mass is 16.5. The fourth-order valence-corrected chi connectivity index (χ4v) is 4.40. The van der Waals surface area contributed by atoms with Gasteiger partial charge in [-0.05, 0) is 64.3 Å². The molecule has 1 heterocycles. The molecule has 3 aromatic rings. The number of aryl methyl sites for hydroxylation is 2. The molecule has 10 heteroatoms. The Balaban J connectivity index is 2.12. The molecule has 0 radical (unpaired) electrons. The Labute approximate surface area is 241 Å². The van der Waals surface area contributed by atoms with Crippen molar-refractivity contribution in [2.45, 2.75) is 72.4 Å². The molecule has 1 unspecified atom stereocenters. The molecule has 0 fully saturated rings. The molecule has 1 atom stereocenters. The molecule has 0 saturated heterocycles. The summed E-state index contributed by atoms with van der Waals surface area (Å²) in [6.45, 7) is 11.4. The van der Waals surface area contributed by atoms with Gasteiger partial charge in [-0.2, -0.15) is 0 Å². The summed E-state index contributed by atoms with van der Waals surface area (Å²) in [5, 5.41) is 9.52. The number of nitrogens with one attached hydrogen (secondary N) is 2. The summed E-state index contributed by atoms with van der Waals surface area (Å²) < 4.78 is 16.2. The molecule has 1 aromatic heterocycles. The lowest BCUT2D eigenvalue weighted by Gasteiger charge is -2.36. The van der Waals surface area contributed by atoms with Gasteiger partial charge < -0.3 is 24.6 Å². The molecule has 0 aliphatic carbocycles. The first-order chi connectivity index (χ1) is 19.4. The van der Waals surface area contributed by atoms with E-state index in [1.807, 2.05) is 46.8 Å². The van der Waals surface area contributed by atoms with Crippen molar-refractivity contribution in [1.82, 2.24) is 10.5 Å². The van der Waals surface area contributed by atoms with Crippen molar-refractivity contribution in [2.24, 2.45) is 0 Å². The SMILES string of the molecule is CCC(C)(C)NC(=O)C(c1cccc(OC)c1OC)N(C(=O)CCC(=O)Nc1cc(C)on1)c1cccc(C)c1C. The third-order valence-corrected chi connectivity index (χ3v) is 7.15. The second-order valence-corrected chi connectivity index (χ2v) is 10.6. The minimum absolute atomic E-state index is 0.129. The number of nitrogens with zero attached hydrogens (tertiary/aromatic N) is 2. The summed E-state index contributed by atoms with van der Waals surface area (Å²) in [5.74, 6) is 0.379. The van der Waals surface area contributed by atoms with Crippen molar-refractivity contribution < 1.29 is 28.4 Å². The third kappa shape index (κ3) is 7.45. The van der Waals surface area contributed by atoms with Crippen LogP contribution >= 0.6 is 0 Å². The van der Waals surface area contributed by atoms with Crippen LogP contribution in [-0.4, -0.2) is 42.6 Å². The number of benzene rings is 2. The molecule has 3 amide bonds. The van der Waals surface area contributed by atoms with Gasteiger partial charge in [0, 0.05) is 35.7 Å². The van der Waals surface area contributed by atoms with Crippen molar-refractivity contribution >= 4 is 29.2 Å². The summed E-state index contributed by atoms with van der Waals surface area (Å²) in [7, 11) is 3.01. The monoisotopic (exact) mass is 564 g/mol. The van der Waals surface area contributed by atoms with E-state index in [1.165, 1.54) is 19.1 Å². The van der Waals surface area contributed by atoms with Crippen molar-refractivity contribution in [3.05, 3.63) is 64.9 Å². The maximum atomic E-state index is 14.2. The molecule has 10 nitrogen and oxygen atoms in total. The van der Waals surface area contributed by atoms with E-state index < -0.39 is 23.4 Å². The Hall–Kier alpha value is -4.34. The van der Waals surface area contributed by atoms with Crippen LogP contribution in [0.1, 0.15) is 68.5 Å². The Morgan fingerprint density at radius 1 is 1.02 bits per heavy atom. The molecular formula is C31H40N4O6. The summed E-state index contributed by atoms with van der Waals surface area (Å²) in [6.07, 6.45) is 0.374. The number of hydrogen-bond acceptors (Lipinski definition) is 7. The standard InChI is InChI=1S/C31H40N4O6/c1-9-31(5,6)33-30(38)28(22-13-11-15-24(39-7)29(22)40-8)35(23-14-10-12-19(2)21(23)4)27(37)17-16-26(36)32-25-18-20(3)41-34-25/h10-15,18,28H,9,16-17H2,1-8H3,(H,33,38)(H,32,34,36). The van der Waals surface area contributed by atoms with E-state index in [9.17, 15) is 14.4 Å². The number of methoxy groups -OCH3 is 2. The molecule has 0 spiro atoms. The first-order valence-electron chi connectivity index (χ1n) is 13.6. The fourth-order valence-electron chi connectivity index (χ4n) is 4.40. The number of anilines is 2. The normalized spacial score (nSPS) is 11.9. The quantitative estimate of drug-likeness (QED) is 0.301. The van der Waals surface area contributed by atoms with Gasteiger partial charge in [0.15, 0.2) is 17.3 Å². The van der Waals surface area contributed by atoms with Gasteiger partial charge in [0.2, 0.25) is 17.7 Å². The summed E-state index contributed by atoms with van der Waals surface area (Å²) in [4.78, 5) is 42.5. The number of ether oxygens (including phenoxy) is 2. The first kappa shape index (κ1) is 31.2. The Morgan fingerprint density at radius 2 is 1.73 bits per heavy atom. The zero-order valence-corrected chi connectivity index (χ0v) is 25.1. The van der Waals surface area contributed by atoms with Gasteiger partial charge in [-0.1, -0.05) is 36.3 Å². The zero-order chi connectivity index (χ0) is 30.3. The molecule has 2 N–H and O–H groups in total. The van der Waals surface area contributed by atoms with E-state index in [0.717, 1.165) is 11.1 Å². The van der Waals surface area contributed by atoms with E-state index >= 15 is 0 Å². The number of rotatable bonds is 12. The number of carbonyl (C=O) groups is 3. The number of aromatic nitrogens is 1. The molecule has 41 heavy (non-hydrogen) atoms. The van der Waals surface area contributed by atoms with Crippen molar-refractivity contribution in [3.8, 4) is 11.5 Å². The van der Waals surface area contributed by atoms with Crippen LogP contribution in [-0.2, 0) is 14.4 Å². The van der Waals surface area contributed by atoms with Crippen LogP contribution in [0.4, 0.5) is 11.5 Å². The van der Waals surface area contributed by atoms with Gasteiger partial charge >= 0.3 is 0 Å².